The van der Waals surface area contributed by atoms with Crippen molar-refractivity contribution in [3.8, 4) is 0 Å². The molecule has 0 N–H and O–H groups in total. The molecule has 1 aliphatic carbocycles. The Hall–Kier alpha value is -2.41. The zero-order valence-corrected chi connectivity index (χ0v) is 19.5. The number of amides is 3. The molecule has 2 heterocycles. The first-order valence-corrected chi connectivity index (χ1v) is 12.1. The summed E-state index contributed by atoms with van der Waals surface area (Å²) in [5.41, 5.74) is 1.77. The Kier molecular flexibility index (Phi) is 7.13. The lowest BCUT2D eigenvalue weighted by Crippen LogP contribution is -2.60. The highest BCUT2D eigenvalue weighted by Crippen LogP contribution is 2.32. The van der Waals surface area contributed by atoms with Crippen molar-refractivity contribution >= 4 is 17.7 Å². The lowest BCUT2D eigenvalue weighted by Gasteiger charge is -2.44. The molecule has 1 aromatic carbocycles. The van der Waals surface area contributed by atoms with Crippen LogP contribution in [0.5, 0.6) is 0 Å². The monoisotopic (exact) mass is 440 g/mol. The van der Waals surface area contributed by atoms with Gasteiger partial charge in [0.15, 0.2) is 0 Å². The number of rotatable bonds is 4. The largest absolute Gasteiger partial charge is 0.339 e. The second-order valence-electron chi connectivity index (χ2n) is 9.46. The Morgan fingerprint density at radius 3 is 1.97 bits per heavy atom. The van der Waals surface area contributed by atoms with Crippen molar-refractivity contribution < 1.29 is 14.4 Å². The highest BCUT2D eigenvalue weighted by molar-refractivity contribution is 5.95. The van der Waals surface area contributed by atoms with Gasteiger partial charge in [-0.1, -0.05) is 31.0 Å². The first-order valence-electron chi connectivity index (χ1n) is 12.1. The second-order valence-corrected chi connectivity index (χ2v) is 9.46. The molecule has 1 saturated carbocycles. The first-order chi connectivity index (χ1) is 15.5. The molecule has 1 aromatic rings. The van der Waals surface area contributed by atoms with Crippen LogP contribution in [-0.2, 0) is 9.59 Å². The standard InChI is InChI=1S/C25H36N4O3/c1-19-7-3-6-10-22(19)24(31)28-17-13-27(14-18-28)23(21-8-4-5-9-21)25(32)29-15-11-26(12-16-29)20(2)30/h3,6-7,10,21,23H,4-5,8-9,11-18H2,1-2H3. The van der Waals surface area contributed by atoms with Crippen molar-refractivity contribution in [1.29, 1.82) is 0 Å². The quantitative estimate of drug-likeness (QED) is 0.719. The summed E-state index contributed by atoms with van der Waals surface area (Å²) in [5, 5.41) is 0. The molecule has 1 unspecified atom stereocenters. The van der Waals surface area contributed by atoms with Crippen molar-refractivity contribution in [2.45, 2.75) is 45.6 Å². The van der Waals surface area contributed by atoms with Crippen LogP contribution in [0.4, 0.5) is 0 Å². The van der Waals surface area contributed by atoms with Crippen LogP contribution < -0.4 is 0 Å². The summed E-state index contributed by atoms with van der Waals surface area (Å²) in [4.78, 5) is 46.4. The molecule has 1 atom stereocenters. The summed E-state index contributed by atoms with van der Waals surface area (Å²) in [7, 11) is 0. The first kappa shape index (κ1) is 22.8. The van der Waals surface area contributed by atoms with Crippen LogP contribution >= 0.6 is 0 Å². The van der Waals surface area contributed by atoms with E-state index >= 15 is 0 Å². The van der Waals surface area contributed by atoms with Crippen molar-refractivity contribution in [3.63, 3.8) is 0 Å². The minimum absolute atomic E-state index is 0.0823. The third-order valence-corrected chi connectivity index (χ3v) is 7.51. The average molecular weight is 441 g/mol. The number of piperazine rings is 2. The van der Waals surface area contributed by atoms with E-state index in [1.807, 2.05) is 45.9 Å². The Balaban J connectivity index is 1.41. The van der Waals surface area contributed by atoms with Gasteiger partial charge in [0.05, 0.1) is 6.04 Å². The lowest BCUT2D eigenvalue weighted by molar-refractivity contribution is -0.144. The topological polar surface area (TPSA) is 64.2 Å². The van der Waals surface area contributed by atoms with Crippen LogP contribution in [0.15, 0.2) is 24.3 Å². The van der Waals surface area contributed by atoms with Gasteiger partial charge >= 0.3 is 0 Å². The Morgan fingerprint density at radius 2 is 1.38 bits per heavy atom. The predicted molar refractivity (Wildman–Crippen MR) is 123 cm³/mol. The van der Waals surface area contributed by atoms with Gasteiger partial charge in [0.2, 0.25) is 11.8 Å². The molecule has 7 heteroatoms. The van der Waals surface area contributed by atoms with Gasteiger partial charge in [0, 0.05) is 64.8 Å². The fourth-order valence-electron chi connectivity index (χ4n) is 5.54. The van der Waals surface area contributed by atoms with Gasteiger partial charge in [0.1, 0.15) is 0 Å². The minimum atomic E-state index is -0.0999. The third kappa shape index (κ3) is 4.82. The van der Waals surface area contributed by atoms with E-state index in [1.54, 1.807) is 6.92 Å². The van der Waals surface area contributed by atoms with Gasteiger partial charge in [-0.15, -0.1) is 0 Å². The maximum absolute atomic E-state index is 13.6. The summed E-state index contributed by atoms with van der Waals surface area (Å²) in [6.07, 6.45) is 4.59. The molecule has 32 heavy (non-hydrogen) atoms. The van der Waals surface area contributed by atoms with Crippen molar-refractivity contribution in [2.24, 2.45) is 5.92 Å². The molecular formula is C25H36N4O3. The number of hydrogen-bond acceptors (Lipinski definition) is 4. The van der Waals surface area contributed by atoms with E-state index in [1.165, 1.54) is 12.8 Å². The molecule has 3 aliphatic rings. The van der Waals surface area contributed by atoms with Gasteiger partial charge in [-0.25, -0.2) is 0 Å². The van der Waals surface area contributed by atoms with E-state index in [-0.39, 0.29) is 23.8 Å². The van der Waals surface area contributed by atoms with Crippen molar-refractivity contribution in [2.75, 3.05) is 52.4 Å². The smallest absolute Gasteiger partial charge is 0.254 e. The van der Waals surface area contributed by atoms with Gasteiger partial charge in [0.25, 0.3) is 5.91 Å². The van der Waals surface area contributed by atoms with E-state index in [9.17, 15) is 14.4 Å². The molecule has 2 saturated heterocycles. The van der Waals surface area contributed by atoms with Crippen molar-refractivity contribution in [1.82, 2.24) is 19.6 Å². The average Bonchev–Trinajstić information content (AvgIpc) is 3.34. The molecule has 4 rings (SSSR count). The summed E-state index contributed by atoms with van der Waals surface area (Å²) in [6, 6.07) is 7.65. The van der Waals surface area contributed by atoms with Crippen LogP contribution in [-0.4, -0.2) is 95.7 Å². The number of nitrogens with zero attached hydrogens (tertiary/aromatic N) is 4. The normalized spacial score (nSPS) is 21.6. The number of hydrogen-bond donors (Lipinski definition) is 0. The fourth-order valence-corrected chi connectivity index (χ4v) is 5.54. The van der Waals surface area contributed by atoms with E-state index in [2.05, 4.69) is 4.90 Å². The van der Waals surface area contributed by atoms with Crippen LogP contribution in [0.25, 0.3) is 0 Å². The lowest BCUT2D eigenvalue weighted by atomic mass is 9.94. The molecular weight excluding hydrogens is 404 g/mol. The molecule has 0 aromatic heterocycles. The number of carbonyl (C=O) groups is 3. The minimum Gasteiger partial charge on any atom is -0.339 e. The molecule has 0 bridgehead atoms. The van der Waals surface area contributed by atoms with Gasteiger partial charge in [-0.2, -0.15) is 0 Å². The summed E-state index contributed by atoms with van der Waals surface area (Å²) in [6.45, 7) is 8.83. The van der Waals surface area contributed by atoms with Crippen molar-refractivity contribution in [3.05, 3.63) is 35.4 Å². The van der Waals surface area contributed by atoms with E-state index in [4.69, 9.17) is 0 Å². The predicted octanol–water partition coefficient (Wildman–Crippen LogP) is 2.00. The highest BCUT2D eigenvalue weighted by atomic mass is 16.2. The molecule has 0 spiro atoms. The molecule has 2 aliphatic heterocycles. The molecule has 0 radical (unpaired) electrons. The Morgan fingerprint density at radius 1 is 0.812 bits per heavy atom. The molecule has 174 valence electrons. The zero-order valence-electron chi connectivity index (χ0n) is 19.5. The van der Waals surface area contributed by atoms with Gasteiger partial charge in [-0.05, 0) is 37.3 Å². The van der Waals surface area contributed by atoms with Crippen LogP contribution in [0, 0.1) is 12.8 Å². The molecule has 3 fully saturated rings. The summed E-state index contributed by atoms with van der Waals surface area (Å²) >= 11 is 0. The van der Waals surface area contributed by atoms with Crippen LogP contribution in [0.2, 0.25) is 0 Å². The summed E-state index contributed by atoms with van der Waals surface area (Å²) < 4.78 is 0. The molecule has 3 amide bonds. The number of aryl methyl sites for hydroxylation is 1. The SMILES string of the molecule is CC(=O)N1CCN(C(=O)C(C2CCCC2)N2CCN(C(=O)c3ccccc3C)CC2)CC1. The zero-order chi connectivity index (χ0) is 22.7. The fraction of sp³-hybridized carbons (Fsp3) is 0.640. The van der Waals surface area contributed by atoms with Crippen LogP contribution in [0.3, 0.4) is 0 Å². The van der Waals surface area contributed by atoms with Gasteiger partial charge in [-0.3, -0.25) is 19.3 Å². The summed E-state index contributed by atoms with van der Waals surface area (Å²) in [5.74, 6) is 0.788. The van der Waals surface area contributed by atoms with Crippen LogP contribution in [0.1, 0.15) is 48.5 Å². The second kappa shape index (κ2) is 10.0. The highest BCUT2D eigenvalue weighted by Gasteiger charge is 2.40. The van der Waals surface area contributed by atoms with E-state index < -0.39 is 0 Å². The maximum atomic E-state index is 13.6. The Labute approximate surface area is 191 Å². The number of benzene rings is 1. The van der Waals surface area contributed by atoms with E-state index in [0.717, 1.165) is 37.1 Å². The number of carbonyl (C=O) groups excluding carboxylic acids is 3. The molecule has 7 nitrogen and oxygen atoms in total. The van der Waals surface area contributed by atoms with E-state index in [0.29, 0.717) is 45.2 Å². The third-order valence-electron chi connectivity index (χ3n) is 7.51. The maximum Gasteiger partial charge on any atom is 0.254 e. The Bertz CT molecular complexity index is 835. The van der Waals surface area contributed by atoms with Gasteiger partial charge < -0.3 is 14.7 Å².